The van der Waals surface area contributed by atoms with E-state index in [0.29, 0.717) is 12.6 Å². The number of benzene rings is 1. The van der Waals surface area contributed by atoms with Gasteiger partial charge in [-0.3, -0.25) is 0 Å². The minimum absolute atomic E-state index is 0.109. The minimum Gasteiger partial charge on any atom is -0.396 e. The topological polar surface area (TPSA) is 23.5 Å². The summed E-state index contributed by atoms with van der Waals surface area (Å²) in [6.07, 6.45) is 4.09. The van der Waals surface area contributed by atoms with Crippen LogP contribution in [-0.4, -0.2) is 30.2 Å². The zero-order valence-electron chi connectivity index (χ0n) is 11.6. The van der Waals surface area contributed by atoms with Crippen LogP contribution >= 0.6 is 0 Å². The molecule has 2 nitrogen and oxygen atoms in total. The number of rotatable bonds is 5. The lowest BCUT2D eigenvalue weighted by Crippen LogP contribution is -2.36. The van der Waals surface area contributed by atoms with Gasteiger partial charge < -0.3 is 10.0 Å². The van der Waals surface area contributed by atoms with Gasteiger partial charge in [0.25, 0.3) is 0 Å². The van der Waals surface area contributed by atoms with Crippen LogP contribution < -0.4 is 0 Å². The van der Waals surface area contributed by atoms with E-state index in [2.05, 4.69) is 0 Å². The van der Waals surface area contributed by atoms with Gasteiger partial charge in [-0.1, -0.05) is 12.8 Å². The summed E-state index contributed by atoms with van der Waals surface area (Å²) < 4.78 is 39.6. The maximum Gasteiger partial charge on any atom is 0.161 e. The Morgan fingerprint density at radius 3 is 2.30 bits per heavy atom. The Labute approximate surface area is 117 Å². The highest BCUT2D eigenvalue weighted by molar-refractivity contribution is 5.20. The molecule has 0 spiro atoms. The molecular formula is C15H20F3NO. The minimum atomic E-state index is -1.17. The van der Waals surface area contributed by atoms with E-state index in [4.69, 9.17) is 0 Å². The third kappa shape index (κ3) is 3.33. The van der Waals surface area contributed by atoms with E-state index in [1.165, 1.54) is 0 Å². The lowest BCUT2D eigenvalue weighted by Gasteiger charge is -2.31. The number of aliphatic hydroxyl groups is 1. The number of nitrogens with zero attached hydrogens (tertiary/aromatic N) is 1. The highest BCUT2D eigenvalue weighted by Gasteiger charge is 2.34. The van der Waals surface area contributed by atoms with Crippen LogP contribution in [0.25, 0.3) is 0 Å². The molecule has 2 rings (SSSR count). The van der Waals surface area contributed by atoms with Crippen LogP contribution in [-0.2, 0) is 6.54 Å². The highest BCUT2D eigenvalue weighted by Crippen LogP contribution is 2.38. The molecule has 1 N–H and O–H groups in total. The Bertz CT molecular complexity index is 472. The summed E-state index contributed by atoms with van der Waals surface area (Å²) in [4.78, 5) is 1.86. The lowest BCUT2D eigenvalue weighted by atomic mass is 9.86. The molecule has 0 saturated heterocycles. The van der Waals surface area contributed by atoms with E-state index in [1.54, 1.807) is 7.05 Å². The van der Waals surface area contributed by atoms with Crippen LogP contribution in [0.3, 0.4) is 0 Å². The molecule has 1 aromatic rings. The van der Waals surface area contributed by atoms with Gasteiger partial charge in [-0.15, -0.1) is 0 Å². The van der Waals surface area contributed by atoms with E-state index in [0.717, 1.165) is 31.7 Å². The van der Waals surface area contributed by atoms with Crippen LogP contribution in [0.4, 0.5) is 13.2 Å². The van der Waals surface area contributed by atoms with Crippen LogP contribution in [0.5, 0.6) is 0 Å². The van der Waals surface area contributed by atoms with Crippen molar-refractivity contribution in [2.75, 3.05) is 20.2 Å². The molecule has 0 aromatic heterocycles. The van der Waals surface area contributed by atoms with Crippen LogP contribution in [0.15, 0.2) is 12.1 Å². The zero-order valence-corrected chi connectivity index (χ0v) is 11.6. The highest BCUT2D eigenvalue weighted by atomic mass is 19.2. The summed E-state index contributed by atoms with van der Waals surface area (Å²) in [5.74, 6) is -2.94. The molecule has 0 heterocycles. The molecule has 112 valence electrons. The van der Waals surface area contributed by atoms with Gasteiger partial charge in [0.05, 0.1) is 0 Å². The number of halogens is 3. The van der Waals surface area contributed by atoms with Gasteiger partial charge in [0, 0.05) is 36.7 Å². The van der Waals surface area contributed by atoms with Crippen molar-refractivity contribution in [2.24, 2.45) is 5.41 Å². The van der Waals surface area contributed by atoms with Crippen LogP contribution in [0, 0.1) is 22.9 Å². The Hall–Kier alpha value is -1.07. The van der Waals surface area contributed by atoms with Gasteiger partial charge in [-0.25, -0.2) is 13.2 Å². The molecule has 1 aliphatic rings. The first kappa shape index (κ1) is 15.3. The molecule has 1 aliphatic carbocycles. The lowest BCUT2D eigenvalue weighted by molar-refractivity contribution is 0.0859. The molecule has 0 aliphatic heterocycles. The van der Waals surface area contributed by atoms with Crippen molar-refractivity contribution in [1.82, 2.24) is 4.90 Å². The Balaban J connectivity index is 2.04. The maximum absolute atomic E-state index is 13.6. The molecule has 0 bridgehead atoms. The number of hydrogen-bond acceptors (Lipinski definition) is 2. The van der Waals surface area contributed by atoms with E-state index in [9.17, 15) is 18.3 Å². The number of aliphatic hydroxyl groups excluding tert-OH is 1. The second-order valence-electron chi connectivity index (χ2n) is 5.90. The predicted molar refractivity (Wildman–Crippen MR) is 70.6 cm³/mol. The standard InChI is InChI=1S/C15H20F3NO/c1-19(9-15(10-20)4-2-3-5-15)8-11-6-13(17)14(18)7-12(11)16/h6-7,20H,2-5,8-10H2,1H3. The molecule has 1 aromatic carbocycles. The Morgan fingerprint density at radius 2 is 1.70 bits per heavy atom. The summed E-state index contributed by atoms with van der Waals surface area (Å²) in [7, 11) is 1.80. The van der Waals surface area contributed by atoms with Crippen molar-refractivity contribution >= 4 is 0 Å². The quantitative estimate of drug-likeness (QED) is 0.841. The molecule has 0 amide bonds. The Morgan fingerprint density at radius 1 is 1.10 bits per heavy atom. The van der Waals surface area contributed by atoms with E-state index < -0.39 is 17.5 Å². The fourth-order valence-electron chi connectivity index (χ4n) is 3.10. The van der Waals surface area contributed by atoms with E-state index >= 15 is 0 Å². The fourth-order valence-corrected chi connectivity index (χ4v) is 3.10. The number of hydrogen-bond donors (Lipinski definition) is 1. The summed E-state index contributed by atoms with van der Waals surface area (Å²) in [6.45, 7) is 0.935. The smallest absolute Gasteiger partial charge is 0.161 e. The second kappa shape index (κ2) is 6.14. The second-order valence-corrected chi connectivity index (χ2v) is 5.90. The third-order valence-electron chi connectivity index (χ3n) is 4.13. The molecule has 5 heteroatoms. The van der Waals surface area contributed by atoms with Crippen LogP contribution in [0.1, 0.15) is 31.2 Å². The molecule has 0 unspecified atom stereocenters. The maximum atomic E-state index is 13.6. The monoisotopic (exact) mass is 287 g/mol. The molecule has 1 saturated carbocycles. The van der Waals surface area contributed by atoms with Gasteiger partial charge in [-0.2, -0.15) is 0 Å². The van der Waals surface area contributed by atoms with Gasteiger partial charge in [0.1, 0.15) is 5.82 Å². The summed E-state index contributed by atoms with van der Waals surface area (Å²) >= 11 is 0. The van der Waals surface area contributed by atoms with Gasteiger partial charge in [0.15, 0.2) is 11.6 Å². The first-order valence-corrected chi connectivity index (χ1v) is 6.89. The van der Waals surface area contributed by atoms with Crippen molar-refractivity contribution in [2.45, 2.75) is 32.2 Å². The predicted octanol–water partition coefficient (Wildman–Crippen LogP) is 3.09. The average molecular weight is 287 g/mol. The molecule has 1 fully saturated rings. The summed E-state index contributed by atoms with van der Waals surface area (Å²) in [5, 5.41) is 9.56. The molecular weight excluding hydrogens is 267 g/mol. The van der Waals surface area contributed by atoms with Crippen molar-refractivity contribution < 1.29 is 18.3 Å². The summed E-state index contributed by atoms with van der Waals surface area (Å²) in [5.41, 5.74) is 0.00144. The summed E-state index contributed by atoms with van der Waals surface area (Å²) in [6, 6.07) is 1.48. The van der Waals surface area contributed by atoms with E-state index in [-0.39, 0.29) is 24.1 Å². The van der Waals surface area contributed by atoms with Crippen molar-refractivity contribution in [1.29, 1.82) is 0 Å². The van der Waals surface area contributed by atoms with Crippen molar-refractivity contribution in [3.63, 3.8) is 0 Å². The zero-order chi connectivity index (χ0) is 14.8. The third-order valence-corrected chi connectivity index (χ3v) is 4.13. The largest absolute Gasteiger partial charge is 0.396 e. The van der Waals surface area contributed by atoms with Crippen LogP contribution in [0.2, 0.25) is 0 Å². The van der Waals surface area contributed by atoms with Crippen molar-refractivity contribution in [3.05, 3.63) is 35.1 Å². The SMILES string of the molecule is CN(Cc1cc(F)c(F)cc1F)CC1(CO)CCCC1. The van der Waals surface area contributed by atoms with Gasteiger partial charge in [0.2, 0.25) is 0 Å². The van der Waals surface area contributed by atoms with Gasteiger partial charge in [-0.05, 0) is 26.0 Å². The first-order valence-electron chi connectivity index (χ1n) is 6.89. The fraction of sp³-hybridized carbons (Fsp3) is 0.600. The van der Waals surface area contributed by atoms with E-state index in [1.807, 2.05) is 4.90 Å². The normalized spacial score (nSPS) is 17.9. The average Bonchev–Trinajstić information content (AvgIpc) is 2.85. The van der Waals surface area contributed by atoms with Crippen molar-refractivity contribution in [3.8, 4) is 0 Å². The molecule has 0 radical (unpaired) electrons. The Kier molecular flexibility index (Phi) is 4.70. The molecule has 0 atom stereocenters. The van der Waals surface area contributed by atoms with Gasteiger partial charge >= 0.3 is 0 Å². The molecule has 20 heavy (non-hydrogen) atoms. The first-order chi connectivity index (χ1) is 9.46.